The van der Waals surface area contributed by atoms with Crippen LogP contribution in [0.1, 0.15) is 47.0 Å². The molecule has 1 unspecified atom stereocenters. The van der Waals surface area contributed by atoms with E-state index in [0.717, 1.165) is 6.54 Å². The smallest absolute Gasteiger partial charge is 0.224 e. The molecule has 1 atom stereocenters. The number of nitrogens with zero attached hydrogens (tertiary/aromatic N) is 1. The van der Waals surface area contributed by atoms with Gasteiger partial charge in [0, 0.05) is 25.0 Å². The second-order valence-electron chi connectivity index (χ2n) is 5.74. The van der Waals surface area contributed by atoms with Crippen molar-refractivity contribution in [1.82, 2.24) is 4.90 Å². The van der Waals surface area contributed by atoms with Crippen molar-refractivity contribution in [2.45, 2.75) is 59.0 Å². The topological polar surface area (TPSA) is 46.3 Å². The molecule has 0 aromatic heterocycles. The van der Waals surface area contributed by atoms with Crippen LogP contribution in [0, 0.1) is 11.8 Å². The zero-order valence-electron chi connectivity index (χ0n) is 11.1. The molecule has 0 spiro atoms. The van der Waals surface area contributed by atoms with E-state index >= 15 is 0 Å². The minimum absolute atomic E-state index is 0.0842. The Labute approximate surface area is 99.4 Å². The van der Waals surface area contributed by atoms with Crippen molar-refractivity contribution < 1.29 is 4.79 Å². The maximum absolute atomic E-state index is 12.1. The third-order valence-corrected chi connectivity index (χ3v) is 3.14. The summed E-state index contributed by atoms with van der Waals surface area (Å²) in [5.74, 6) is 1.35. The van der Waals surface area contributed by atoms with Gasteiger partial charge in [-0.15, -0.1) is 0 Å². The summed E-state index contributed by atoms with van der Waals surface area (Å²) in [7, 11) is 0. The summed E-state index contributed by atoms with van der Waals surface area (Å²) in [5, 5.41) is 0. The monoisotopic (exact) mass is 226 g/mol. The standard InChI is InChI=1S/C13H26N2O/c1-9(2)8-15(10(3)4)13(16)7-12(14)11-5-6-11/h9-12H,5-8,14H2,1-4H3. The number of rotatable bonds is 6. The SMILES string of the molecule is CC(C)CN(C(=O)CC(N)C1CC1)C(C)C. The van der Waals surface area contributed by atoms with E-state index in [1.807, 2.05) is 4.90 Å². The minimum Gasteiger partial charge on any atom is -0.340 e. The summed E-state index contributed by atoms with van der Waals surface area (Å²) in [6, 6.07) is 0.363. The highest BCUT2D eigenvalue weighted by Gasteiger charge is 2.31. The first-order chi connectivity index (χ1) is 7.41. The van der Waals surface area contributed by atoms with E-state index in [1.54, 1.807) is 0 Å². The van der Waals surface area contributed by atoms with E-state index in [1.165, 1.54) is 12.8 Å². The number of nitrogens with two attached hydrogens (primary N) is 1. The van der Waals surface area contributed by atoms with Crippen molar-refractivity contribution in [1.29, 1.82) is 0 Å². The van der Waals surface area contributed by atoms with Gasteiger partial charge in [-0.1, -0.05) is 13.8 Å². The van der Waals surface area contributed by atoms with E-state index in [4.69, 9.17) is 5.73 Å². The third-order valence-electron chi connectivity index (χ3n) is 3.14. The van der Waals surface area contributed by atoms with Crippen LogP contribution in [0.25, 0.3) is 0 Å². The number of carbonyl (C=O) groups is 1. The van der Waals surface area contributed by atoms with E-state index in [2.05, 4.69) is 27.7 Å². The molecule has 1 saturated carbocycles. The Morgan fingerprint density at radius 3 is 2.25 bits per heavy atom. The molecule has 0 heterocycles. The molecule has 1 rings (SSSR count). The Kier molecular flexibility index (Phi) is 4.78. The van der Waals surface area contributed by atoms with Gasteiger partial charge in [0.1, 0.15) is 0 Å². The lowest BCUT2D eigenvalue weighted by Gasteiger charge is -2.29. The van der Waals surface area contributed by atoms with Crippen LogP contribution in [-0.4, -0.2) is 29.4 Å². The molecule has 0 bridgehead atoms. The average molecular weight is 226 g/mol. The molecule has 0 aromatic rings. The quantitative estimate of drug-likeness (QED) is 0.753. The lowest BCUT2D eigenvalue weighted by molar-refractivity contribution is -0.133. The first kappa shape index (κ1) is 13.5. The molecule has 3 heteroatoms. The molecule has 1 aliphatic carbocycles. The molecule has 1 aliphatic rings. The zero-order valence-corrected chi connectivity index (χ0v) is 11.1. The first-order valence-corrected chi connectivity index (χ1v) is 6.46. The minimum atomic E-state index is 0.0842. The fourth-order valence-corrected chi connectivity index (χ4v) is 2.00. The summed E-state index contributed by atoms with van der Waals surface area (Å²) < 4.78 is 0. The predicted molar refractivity (Wildman–Crippen MR) is 67.0 cm³/mol. The lowest BCUT2D eigenvalue weighted by Crippen LogP contribution is -2.42. The van der Waals surface area contributed by atoms with E-state index in [-0.39, 0.29) is 18.0 Å². The van der Waals surface area contributed by atoms with Crippen LogP contribution in [0.5, 0.6) is 0 Å². The van der Waals surface area contributed by atoms with Crippen LogP contribution in [0.4, 0.5) is 0 Å². The average Bonchev–Trinajstić information content (AvgIpc) is 2.95. The molecule has 0 saturated heterocycles. The molecule has 1 amide bonds. The van der Waals surface area contributed by atoms with Crippen molar-refractivity contribution in [3.05, 3.63) is 0 Å². The van der Waals surface area contributed by atoms with Crippen LogP contribution in [0.3, 0.4) is 0 Å². The maximum atomic E-state index is 12.1. The Morgan fingerprint density at radius 1 is 1.31 bits per heavy atom. The molecule has 94 valence electrons. The summed E-state index contributed by atoms with van der Waals surface area (Å²) >= 11 is 0. The number of hydrogen-bond acceptors (Lipinski definition) is 2. The highest BCUT2D eigenvalue weighted by molar-refractivity contribution is 5.77. The molecular weight excluding hydrogens is 200 g/mol. The highest BCUT2D eigenvalue weighted by Crippen LogP contribution is 2.33. The van der Waals surface area contributed by atoms with Crippen LogP contribution >= 0.6 is 0 Å². The van der Waals surface area contributed by atoms with Crippen molar-refractivity contribution in [2.75, 3.05) is 6.54 Å². The second-order valence-corrected chi connectivity index (χ2v) is 5.74. The van der Waals surface area contributed by atoms with Gasteiger partial charge in [0.15, 0.2) is 0 Å². The number of hydrogen-bond donors (Lipinski definition) is 1. The van der Waals surface area contributed by atoms with Gasteiger partial charge in [0.25, 0.3) is 0 Å². The normalized spacial score (nSPS) is 17.9. The zero-order chi connectivity index (χ0) is 12.3. The van der Waals surface area contributed by atoms with Crippen LogP contribution in [-0.2, 0) is 4.79 Å². The van der Waals surface area contributed by atoms with Gasteiger partial charge in [-0.2, -0.15) is 0 Å². The molecule has 0 aliphatic heterocycles. The van der Waals surface area contributed by atoms with Gasteiger partial charge in [-0.05, 0) is 38.5 Å². The fourth-order valence-electron chi connectivity index (χ4n) is 2.00. The third kappa shape index (κ3) is 4.12. The van der Waals surface area contributed by atoms with Gasteiger partial charge in [-0.3, -0.25) is 4.79 Å². The van der Waals surface area contributed by atoms with Gasteiger partial charge in [-0.25, -0.2) is 0 Å². The van der Waals surface area contributed by atoms with Crippen molar-refractivity contribution >= 4 is 5.91 Å². The molecule has 16 heavy (non-hydrogen) atoms. The van der Waals surface area contributed by atoms with Crippen molar-refractivity contribution in [2.24, 2.45) is 17.6 Å². The highest BCUT2D eigenvalue weighted by atomic mass is 16.2. The van der Waals surface area contributed by atoms with E-state index in [9.17, 15) is 4.79 Å². The van der Waals surface area contributed by atoms with Crippen LogP contribution in [0.15, 0.2) is 0 Å². The summed E-state index contributed by atoms with van der Waals surface area (Å²) in [6.07, 6.45) is 2.94. The lowest BCUT2D eigenvalue weighted by atomic mass is 10.1. The number of amides is 1. The fraction of sp³-hybridized carbons (Fsp3) is 0.923. The summed E-state index contributed by atoms with van der Waals surface area (Å²) in [5.41, 5.74) is 6.00. The largest absolute Gasteiger partial charge is 0.340 e. The van der Waals surface area contributed by atoms with E-state index < -0.39 is 0 Å². The second kappa shape index (κ2) is 5.67. The Balaban J connectivity index is 2.45. The molecule has 0 radical (unpaired) electrons. The van der Waals surface area contributed by atoms with Gasteiger partial charge in [0.05, 0.1) is 0 Å². The Hall–Kier alpha value is -0.570. The van der Waals surface area contributed by atoms with Gasteiger partial charge >= 0.3 is 0 Å². The van der Waals surface area contributed by atoms with Crippen LogP contribution < -0.4 is 5.73 Å². The van der Waals surface area contributed by atoms with E-state index in [0.29, 0.717) is 18.3 Å². The first-order valence-electron chi connectivity index (χ1n) is 6.46. The maximum Gasteiger partial charge on any atom is 0.224 e. The van der Waals surface area contributed by atoms with Crippen molar-refractivity contribution in [3.8, 4) is 0 Å². The molecule has 2 N–H and O–H groups in total. The van der Waals surface area contributed by atoms with Crippen molar-refractivity contribution in [3.63, 3.8) is 0 Å². The molecular formula is C13H26N2O. The Bertz CT molecular complexity index is 234. The molecule has 0 aromatic carbocycles. The predicted octanol–water partition coefficient (Wildman–Crippen LogP) is 2.01. The Morgan fingerprint density at radius 2 is 1.88 bits per heavy atom. The molecule has 1 fully saturated rings. The number of carbonyl (C=O) groups excluding carboxylic acids is 1. The summed E-state index contributed by atoms with van der Waals surface area (Å²) in [6.45, 7) is 9.27. The molecule has 3 nitrogen and oxygen atoms in total. The van der Waals surface area contributed by atoms with Gasteiger partial charge < -0.3 is 10.6 Å². The van der Waals surface area contributed by atoms with Crippen LogP contribution in [0.2, 0.25) is 0 Å². The summed E-state index contributed by atoms with van der Waals surface area (Å²) in [4.78, 5) is 14.1. The van der Waals surface area contributed by atoms with Gasteiger partial charge in [0.2, 0.25) is 5.91 Å².